The molecule has 1 N–H and O–H groups in total. The summed E-state index contributed by atoms with van der Waals surface area (Å²) in [6, 6.07) is 6.64. The predicted octanol–water partition coefficient (Wildman–Crippen LogP) is 1.51. The lowest BCUT2D eigenvalue weighted by atomic mass is 10.1. The molecule has 0 aromatic heterocycles. The van der Waals surface area contributed by atoms with E-state index >= 15 is 0 Å². The molecule has 0 bridgehead atoms. The van der Waals surface area contributed by atoms with Gasteiger partial charge in [0.2, 0.25) is 0 Å². The Morgan fingerprint density at radius 1 is 1.31 bits per heavy atom. The number of hydrogen-bond acceptors (Lipinski definition) is 4. The Kier molecular flexibility index (Phi) is 4.58. The standard InChI is InChI=1S/C11H13ClO4/c1-15-8-5-3-7(4-6-8)10(13)9(12)11(14)16-2/h3-6,9-10,13H,1-2H3/t9-,10+/m1/s1. The van der Waals surface area contributed by atoms with Crippen LogP contribution in [0.15, 0.2) is 24.3 Å². The summed E-state index contributed by atoms with van der Waals surface area (Å²) >= 11 is 5.73. The Bertz CT molecular complexity index is 350. The molecule has 1 rings (SSSR count). The average Bonchev–Trinajstić information content (AvgIpc) is 2.36. The highest BCUT2D eigenvalue weighted by atomic mass is 35.5. The highest BCUT2D eigenvalue weighted by Crippen LogP contribution is 2.23. The van der Waals surface area contributed by atoms with Crippen LogP contribution in [0.2, 0.25) is 0 Å². The van der Waals surface area contributed by atoms with Gasteiger partial charge in [-0.05, 0) is 17.7 Å². The molecule has 5 heteroatoms. The van der Waals surface area contributed by atoms with Crippen LogP contribution >= 0.6 is 11.6 Å². The first-order chi connectivity index (χ1) is 7.60. The largest absolute Gasteiger partial charge is 0.497 e. The lowest BCUT2D eigenvalue weighted by Crippen LogP contribution is -2.23. The summed E-state index contributed by atoms with van der Waals surface area (Å²) in [5, 5.41) is 8.67. The van der Waals surface area contributed by atoms with Gasteiger partial charge >= 0.3 is 5.97 Å². The number of halogens is 1. The van der Waals surface area contributed by atoms with E-state index in [2.05, 4.69) is 4.74 Å². The Morgan fingerprint density at radius 3 is 2.31 bits per heavy atom. The minimum absolute atomic E-state index is 0.534. The number of benzene rings is 1. The molecule has 0 saturated carbocycles. The maximum Gasteiger partial charge on any atom is 0.326 e. The predicted molar refractivity (Wildman–Crippen MR) is 59.6 cm³/mol. The summed E-state index contributed by atoms with van der Waals surface area (Å²) in [5.74, 6) is 0.00475. The van der Waals surface area contributed by atoms with Gasteiger partial charge in [-0.3, -0.25) is 4.79 Å². The van der Waals surface area contributed by atoms with Crippen molar-refractivity contribution < 1.29 is 19.4 Å². The highest BCUT2D eigenvalue weighted by Gasteiger charge is 2.26. The molecule has 0 spiro atoms. The van der Waals surface area contributed by atoms with Crippen molar-refractivity contribution in [2.24, 2.45) is 0 Å². The van der Waals surface area contributed by atoms with Crippen LogP contribution in [0.1, 0.15) is 11.7 Å². The van der Waals surface area contributed by atoms with Gasteiger partial charge in [-0.1, -0.05) is 12.1 Å². The van der Waals surface area contributed by atoms with Crippen molar-refractivity contribution in [3.63, 3.8) is 0 Å². The maximum atomic E-state index is 11.1. The molecule has 0 saturated heterocycles. The fourth-order valence-electron chi connectivity index (χ4n) is 1.21. The molecule has 2 atom stereocenters. The summed E-state index contributed by atoms with van der Waals surface area (Å²) in [5.41, 5.74) is 0.534. The fraction of sp³-hybridized carbons (Fsp3) is 0.364. The van der Waals surface area contributed by atoms with Crippen LogP contribution in [-0.4, -0.2) is 30.7 Å². The van der Waals surface area contributed by atoms with Crippen molar-refractivity contribution in [2.45, 2.75) is 11.5 Å². The van der Waals surface area contributed by atoms with Gasteiger partial charge in [-0.2, -0.15) is 0 Å². The third kappa shape index (κ3) is 2.87. The minimum atomic E-state index is -1.11. The van der Waals surface area contributed by atoms with E-state index in [9.17, 15) is 9.90 Å². The van der Waals surface area contributed by atoms with Gasteiger partial charge < -0.3 is 14.6 Å². The van der Waals surface area contributed by atoms with Crippen LogP contribution < -0.4 is 4.74 Å². The zero-order chi connectivity index (χ0) is 12.1. The number of alkyl halides is 1. The molecular weight excluding hydrogens is 232 g/mol. The highest BCUT2D eigenvalue weighted by molar-refractivity contribution is 6.30. The molecule has 0 aliphatic heterocycles. The number of rotatable bonds is 4. The molecule has 0 aliphatic rings. The minimum Gasteiger partial charge on any atom is -0.497 e. The van der Waals surface area contributed by atoms with E-state index in [0.29, 0.717) is 11.3 Å². The zero-order valence-electron chi connectivity index (χ0n) is 9.01. The van der Waals surface area contributed by atoms with E-state index in [1.807, 2.05) is 0 Å². The number of ether oxygens (including phenoxy) is 2. The molecule has 0 amide bonds. The van der Waals surface area contributed by atoms with Gasteiger partial charge in [0, 0.05) is 0 Å². The van der Waals surface area contributed by atoms with Crippen LogP contribution in [0.4, 0.5) is 0 Å². The first-order valence-corrected chi connectivity index (χ1v) is 5.07. The Labute approximate surface area is 98.7 Å². The van der Waals surface area contributed by atoms with E-state index in [1.54, 1.807) is 31.4 Å². The van der Waals surface area contributed by atoms with Gasteiger partial charge in [-0.15, -0.1) is 11.6 Å². The molecule has 0 fully saturated rings. The van der Waals surface area contributed by atoms with E-state index in [-0.39, 0.29) is 0 Å². The van der Waals surface area contributed by atoms with Gasteiger partial charge in [0.25, 0.3) is 0 Å². The molecule has 1 aromatic rings. The van der Waals surface area contributed by atoms with Crippen LogP contribution in [-0.2, 0) is 9.53 Å². The van der Waals surface area contributed by atoms with Crippen molar-refractivity contribution in [3.05, 3.63) is 29.8 Å². The van der Waals surface area contributed by atoms with Crippen molar-refractivity contribution in [1.82, 2.24) is 0 Å². The molecule has 0 aliphatic carbocycles. The average molecular weight is 245 g/mol. The number of esters is 1. The second-order valence-electron chi connectivity index (χ2n) is 3.14. The third-order valence-corrected chi connectivity index (χ3v) is 2.58. The van der Waals surface area contributed by atoms with E-state index in [4.69, 9.17) is 16.3 Å². The Balaban J connectivity index is 2.79. The summed E-state index contributed by atoms with van der Waals surface area (Å²) in [7, 11) is 2.77. The Hall–Kier alpha value is -1.26. The number of carbonyl (C=O) groups excluding carboxylic acids is 1. The first kappa shape index (κ1) is 12.8. The molecule has 0 radical (unpaired) electrons. The molecule has 4 nitrogen and oxygen atoms in total. The van der Waals surface area contributed by atoms with Gasteiger partial charge in [0.05, 0.1) is 14.2 Å². The van der Waals surface area contributed by atoms with E-state index in [1.165, 1.54) is 7.11 Å². The zero-order valence-corrected chi connectivity index (χ0v) is 9.77. The van der Waals surface area contributed by atoms with E-state index in [0.717, 1.165) is 0 Å². The topological polar surface area (TPSA) is 55.8 Å². The lowest BCUT2D eigenvalue weighted by Gasteiger charge is -2.15. The number of hydrogen-bond donors (Lipinski definition) is 1. The van der Waals surface area contributed by atoms with Gasteiger partial charge in [0.1, 0.15) is 11.9 Å². The quantitative estimate of drug-likeness (QED) is 0.644. The summed E-state index contributed by atoms with van der Waals surface area (Å²) < 4.78 is 9.42. The summed E-state index contributed by atoms with van der Waals surface area (Å²) in [6.07, 6.45) is -1.10. The van der Waals surface area contributed by atoms with E-state index < -0.39 is 17.5 Å². The lowest BCUT2D eigenvalue weighted by molar-refractivity contribution is -0.142. The van der Waals surface area contributed by atoms with Crippen molar-refractivity contribution >= 4 is 17.6 Å². The molecular formula is C11H13ClO4. The monoisotopic (exact) mass is 244 g/mol. The van der Waals surface area contributed by atoms with Crippen LogP contribution in [0.3, 0.4) is 0 Å². The van der Waals surface area contributed by atoms with Crippen molar-refractivity contribution in [2.75, 3.05) is 14.2 Å². The van der Waals surface area contributed by atoms with Crippen LogP contribution in [0.5, 0.6) is 5.75 Å². The summed E-state index contributed by atoms with van der Waals surface area (Å²) in [6.45, 7) is 0. The molecule has 88 valence electrons. The molecule has 16 heavy (non-hydrogen) atoms. The normalized spacial score (nSPS) is 14.0. The SMILES string of the molecule is COC(=O)[C@H](Cl)[C@@H](O)c1ccc(OC)cc1. The van der Waals surface area contributed by atoms with Crippen LogP contribution in [0.25, 0.3) is 0 Å². The van der Waals surface area contributed by atoms with Gasteiger partial charge in [0.15, 0.2) is 5.38 Å². The summed E-state index contributed by atoms with van der Waals surface area (Å²) in [4.78, 5) is 11.1. The third-order valence-electron chi connectivity index (χ3n) is 2.16. The van der Waals surface area contributed by atoms with Crippen molar-refractivity contribution in [3.8, 4) is 5.75 Å². The number of carbonyl (C=O) groups is 1. The first-order valence-electron chi connectivity index (χ1n) is 4.64. The Morgan fingerprint density at radius 2 is 1.88 bits per heavy atom. The smallest absolute Gasteiger partial charge is 0.326 e. The number of aliphatic hydroxyl groups excluding tert-OH is 1. The second-order valence-corrected chi connectivity index (χ2v) is 3.61. The second kappa shape index (κ2) is 5.72. The molecule has 0 unspecified atom stereocenters. The maximum absolute atomic E-state index is 11.1. The molecule has 1 aromatic carbocycles. The van der Waals surface area contributed by atoms with Gasteiger partial charge in [-0.25, -0.2) is 0 Å². The number of methoxy groups -OCH3 is 2. The van der Waals surface area contributed by atoms with Crippen LogP contribution in [0, 0.1) is 0 Å². The fourth-order valence-corrected chi connectivity index (χ4v) is 1.45. The molecule has 0 heterocycles. The van der Waals surface area contributed by atoms with Crippen molar-refractivity contribution in [1.29, 1.82) is 0 Å². The number of aliphatic hydroxyl groups is 1.